The molecule has 0 unspecified atom stereocenters. The molecule has 5 nitrogen and oxygen atoms in total. The summed E-state index contributed by atoms with van der Waals surface area (Å²) in [7, 11) is -3.34. The Hall–Kier alpha value is -0.470. The number of sulfonamides is 1. The first kappa shape index (κ1) is 16.9. The van der Waals surface area contributed by atoms with Crippen LogP contribution < -0.4 is 10.0 Å². The van der Waals surface area contributed by atoms with Crippen molar-refractivity contribution in [1.29, 1.82) is 0 Å². The Morgan fingerprint density at radius 1 is 1.24 bits per heavy atom. The first-order chi connectivity index (χ1) is 10.1. The van der Waals surface area contributed by atoms with E-state index >= 15 is 0 Å². The van der Waals surface area contributed by atoms with Gasteiger partial charge in [0, 0.05) is 18.0 Å². The maximum atomic E-state index is 12.2. The van der Waals surface area contributed by atoms with Gasteiger partial charge >= 0.3 is 0 Å². The molecule has 1 aliphatic rings. The van der Waals surface area contributed by atoms with Crippen LogP contribution in [0.1, 0.15) is 24.6 Å². The quantitative estimate of drug-likeness (QED) is 0.669. The van der Waals surface area contributed by atoms with Crippen molar-refractivity contribution in [2.24, 2.45) is 0 Å². The van der Waals surface area contributed by atoms with Gasteiger partial charge in [-0.2, -0.15) is 0 Å². The molecular weight excluding hydrogens is 306 g/mol. The third kappa shape index (κ3) is 5.34. The van der Waals surface area contributed by atoms with Crippen LogP contribution in [0.5, 0.6) is 0 Å². The predicted molar refractivity (Wildman–Crippen MR) is 87.4 cm³/mol. The number of rotatable bonds is 9. The van der Waals surface area contributed by atoms with Gasteiger partial charge in [0.1, 0.15) is 4.21 Å². The molecule has 1 aliphatic heterocycles. The Morgan fingerprint density at radius 2 is 2.00 bits per heavy atom. The third-order valence-electron chi connectivity index (χ3n) is 3.62. The summed E-state index contributed by atoms with van der Waals surface area (Å²) in [5.74, 6) is 0. The Kier molecular flexibility index (Phi) is 6.63. The minimum atomic E-state index is -3.34. The molecule has 0 radical (unpaired) electrons. The minimum Gasteiger partial charge on any atom is -0.317 e. The molecule has 0 aliphatic carbocycles. The molecule has 0 saturated carbocycles. The smallest absolute Gasteiger partial charge is 0.250 e. The van der Waals surface area contributed by atoms with Crippen LogP contribution in [0.25, 0.3) is 0 Å². The number of thiophene rings is 1. The lowest BCUT2D eigenvalue weighted by Gasteiger charge is -2.14. The molecule has 21 heavy (non-hydrogen) atoms. The van der Waals surface area contributed by atoms with E-state index in [0.717, 1.165) is 44.0 Å². The summed E-state index contributed by atoms with van der Waals surface area (Å²) in [6.45, 7) is 7.37. The van der Waals surface area contributed by atoms with Crippen LogP contribution in [-0.4, -0.2) is 52.6 Å². The van der Waals surface area contributed by atoms with Gasteiger partial charge in [-0.1, -0.05) is 6.92 Å². The Labute approximate surface area is 131 Å². The van der Waals surface area contributed by atoms with Crippen molar-refractivity contribution in [2.45, 2.75) is 30.4 Å². The second-order valence-corrected chi connectivity index (χ2v) is 8.43. The first-order valence-corrected chi connectivity index (χ1v) is 9.93. The fourth-order valence-electron chi connectivity index (χ4n) is 2.44. The van der Waals surface area contributed by atoms with Crippen LogP contribution in [0.3, 0.4) is 0 Å². The Balaban J connectivity index is 1.80. The normalized spacial score (nSPS) is 16.6. The molecule has 1 saturated heterocycles. The summed E-state index contributed by atoms with van der Waals surface area (Å²) >= 11 is 1.37. The lowest BCUT2D eigenvalue weighted by atomic mass is 10.3. The van der Waals surface area contributed by atoms with Crippen molar-refractivity contribution in [3.8, 4) is 0 Å². The average molecular weight is 332 g/mol. The van der Waals surface area contributed by atoms with Gasteiger partial charge in [0.15, 0.2) is 0 Å². The topological polar surface area (TPSA) is 61.4 Å². The van der Waals surface area contributed by atoms with Gasteiger partial charge in [0.05, 0.1) is 0 Å². The molecular formula is C14H25N3O2S2. The molecule has 1 fully saturated rings. The van der Waals surface area contributed by atoms with Crippen molar-refractivity contribution in [2.75, 3.05) is 39.3 Å². The number of likely N-dealkylation sites (tertiary alicyclic amines) is 1. The van der Waals surface area contributed by atoms with Crippen molar-refractivity contribution in [3.63, 3.8) is 0 Å². The van der Waals surface area contributed by atoms with Crippen molar-refractivity contribution in [1.82, 2.24) is 14.9 Å². The van der Waals surface area contributed by atoms with Gasteiger partial charge in [-0.3, -0.25) is 0 Å². The van der Waals surface area contributed by atoms with Crippen LogP contribution in [-0.2, 0) is 16.4 Å². The number of hydrogen-bond acceptors (Lipinski definition) is 5. The Bertz CT molecular complexity index is 522. The summed E-state index contributed by atoms with van der Waals surface area (Å²) in [4.78, 5) is 3.41. The summed E-state index contributed by atoms with van der Waals surface area (Å²) in [5, 5.41) is 3.25. The van der Waals surface area contributed by atoms with Crippen LogP contribution >= 0.6 is 11.3 Å². The van der Waals surface area contributed by atoms with Gasteiger partial charge in [0.2, 0.25) is 10.0 Å². The molecule has 2 heterocycles. The predicted octanol–water partition coefficient (Wildman–Crippen LogP) is 1.27. The Morgan fingerprint density at radius 3 is 2.71 bits per heavy atom. The van der Waals surface area contributed by atoms with Crippen LogP contribution in [0.4, 0.5) is 0 Å². The molecule has 7 heteroatoms. The SMILES string of the molecule is CCNCCc1ccc(S(=O)(=O)NCCN2CCCC2)s1. The van der Waals surface area contributed by atoms with E-state index in [9.17, 15) is 8.42 Å². The number of nitrogens with one attached hydrogen (secondary N) is 2. The number of hydrogen-bond donors (Lipinski definition) is 2. The van der Waals surface area contributed by atoms with Crippen LogP contribution in [0.2, 0.25) is 0 Å². The van der Waals surface area contributed by atoms with E-state index in [-0.39, 0.29) is 0 Å². The molecule has 0 atom stereocenters. The largest absolute Gasteiger partial charge is 0.317 e. The van der Waals surface area contributed by atoms with Gasteiger partial charge in [0.25, 0.3) is 0 Å². The highest BCUT2D eigenvalue weighted by Crippen LogP contribution is 2.21. The zero-order valence-electron chi connectivity index (χ0n) is 12.6. The highest BCUT2D eigenvalue weighted by atomic mass is 32.2. The minimum absolute atomic E-state index is 0.426. The number of nitrogens with zero attached hydrogens (tertiary/aromatic N) is 1. The van der Waals surface area contributed by atoms with Crippen molar-refractivity contribution in [3.05, 3.63) is 17.0 Å². The van der Waals surface area contributed by atoms with Crippen molar-refractivity contribution >= 4 is 21.4 Å². The lowest BCUT2D eigenvalue weighted by molar-refractivity contribution is 0.344. The highest BCUT2D eigenvalue weighted by Gasteiger charge is 2.17. The van der Waals surface area contributed by atoms with E-state index in [4.69, 9.17) is 0 Å². The maximum Gasteiger partial charge on any atom is 0.250 e. The van der Waals surface area contributed by atoms with E-state index in [0.29, 0.717) is 10.8 Å². The molecule has 1 aromatic rings. The molecule has 2 N–H and O–H groups in total. The van der Waals surface area contributed by atoms with E-state index in [2.05, 4.69) is 21.9 Å². The highest BCUT2D eigenvalue weighted by molar-refractivity contribution is 7.91. The molecule has 120 valence electrons. The summed E-state index contributed by atoms with van der Waals surface area (Å²) in [5.41, 5.74) is 0. The van der Waals surface area contributed by atoms with E-state index in [1.54, 1.807) is 6.07 Å². The second kappa shape index (κ2) is 8.24. The van der Waals surface area contributed by atoms with Crippen LogP contribution in [0, 0.1) is 0 Å². The fourth-order valence-corrected chi connectivity index (χ4v) is 4.86. The monoisotopic (exact) mass is 331 g/mol. The summed E-state index contributed by atoms with van der Waals surface area (Å²) in [6.07, 6.45) is 3.33. The average Bonchev–Trinajstić information content (AvgIpc) is 3.10. The molecule has 0 aromatic carbocycles. The summed E-state index contributed by atoms with van der Waals surface area (Å²) < 4.78 is 27.6. The van der Waals surface area contributed by atoms with E-state index < -0.39 is 10.0 Å². The molecule has 2 rings (SSSR count). The zero-order chi connectivity index (χ0) is 15.1. The fraction of sp³-hybridized carbons (Fsp3) is 0.714. The van der Waals surface area contributed by atoms with Gasteiger partial charge in [-0.25, -0.2) is 13.1 Å². The van der Waals surface area contributed by atoms with Gasteiger partial charge in [-0.15, -0.1) is 11.3 Å². The van der Waals surface area contributed by atoms with E-state index in [1.165, 1.54) is 24.2 Å². The van der Waals surface area contributed by atoms with Crippen LogP contribution in [0.15, 0.2) is 16.3 Å². The molecule has 0 bridgehead atoms. The molecule has 0 amide bonds. The lowest BCUT2D eigenvalue weighted by Crippen LogP contribution is -2.33. The third-order valence-corrected chi connectivity index (χ3v) is 6.72. The van der Waals surface area contributed by atoms with E-state index in [1.807, 2.05) is 6.07 Å². The first-order valence-electron chi connectivity index (χ1n) is 7.63. The summed E-state index contributed by atoms with van der Waals surface area (Å²) in [6, 6.07) is 3.63. The standard InChI is InChI=1S/C14H25N3O2S2/c1-2-15-8-7-13-5-6-14(20-13)21(18,19)16-9-12-17-10-3-4-11-17/h5-6,15-16H,2-4,7-12H2,1H3. The molecule has 1 aromatic heterocycles. The number of likely N-dealkylation sites (N-methyl/N-ethyl adjacent to an activating group) is 1. The second-order valence-electron chi connectivity index (χ2n) is 5.27. The molecule has 0 spiro atoms. The van der Waals surface area contributed by atoms with Gasteiger partial charge < -0.3 is 10.2 Å². The zero-order valence-corrected chi connectivity index (χ0v) is 14.2. The van der Waals surface area contributed by atoms with Crippen molar-refractivity contribution < 1.29 is 8.42 Å². The van der Waals surface area contributed by atoms with Gasteiger partial charge in [-0.05, 0) is 57.6 Å². The maximum absolute atomic E-state index is 12.2.